The first-order valence-electron chi connectivity index (χ1n) is 7.16. The van der Waals surface area contributed by atoms with E-state index in [2.05, 4.69) is 28.8 Å². The van der Waals surface area contributed by atoms with Crippen molar-refractivity contribution in [3.63, 3.8) is 0 Å². The summed E-state index contributed by atoms with van der Waals surface area (Å²) >= 11 is 5.40. The average molecular weight is 350 g/mol. The van der Waals surface area contributed by atoms with Crippen molar-refractivity contribution < 1.29 is 19.8 Å². The molecule has 2 atom stereocenters. The standard InChI is InChI=1S/C12H14N2S.C4H4O4.CH4/c1-13-8-5-7-3-2-4-10-11(7)9(6-8)12(15)14-10;5-3(6)1-2-4(7)8;/h2-4,8-9,13H,5-6H2,1H3,(H,14,15);1-2H,(H,5,6)(H,7,8);1H4/b;2-1-;/t8-,9?;;/m1../s1. The maximum Gasteiger partial charge on any atom is 0.328 e. The number of hydrogen-bond acceptors (Lipinski definition) is 4. The molecule has 1 aromatic rings. The van der Waals surface area contributed by atoms with E-state index in [0.717, 1.165) is 17.8 Å². The fourth-order valence-electron chi connectivity index (χ4n) is 2.88. The molecule has 130 valence electrons. The fraction of sp³-hybridized carbons (Fsp3) is 0.353. The van der Waals surface area contributed by atoms with Crippen molar-refractivity contribution in [1.82, 2.24) is 5.32 Å². The molecule has 1 unspecified atom stereocenters. The van der Waals surface area contributed by atoms with Gasteiger partial charge in [-0.15, -0.1) is 0 Å². The minimum absolute atomic E-state index is 0. The molecule has 0 saturated heterocycles. The van der Waals surface area contributed by atoms with Crippen molar-refractivity contribution in [3.8, 4) is 0 Å². The van der Waals surface area contributed by atoms with Crippen molar-refractivity contribution in [2.24, 2.45) is 0 Å². The summed E-state index contributed by atoms with van der Waals surface area (Å²) in [7, 11) is 2.03. The third-order valence-electron chi connectivity index (χ3n) is 3.88. The van der Waals surface area contributed by atoms with Crippen LogP contribution in [0.1, 0.15) is 30.9 Å². The number of nitrogens with one attached hydrogen (secondary N) is 2. The minimum atomic E-state index is -1.26. The SMILES string of the molecule is C.CN[C@@H]1Cc2cccc3c2C(C1)C(=S)N3.O=C(O)/C=C\C(=O)O. The molecule has 0 aromatic heterocycles. The Balaban J connectivity index is 0.000000279. The van der Waals surface area contributed by atoms with Crippen molar-refractivity contribution in [2.45, 2.75) is 32.2 Å². The zero-order valence-corrected chi connectivity index (χ0v) is 13.4. The maximum absolute atomic E-state index is 9.55. The summed E-state index contributed by atoms with van der Waals surface area (Å²) in [6.07, 6.45) is 3.37. The predicted octanol–water partition coefficient (Wildman–Crippen LogP) is 2.41. The molecule has 0 saturated carbocycles. The molecule has 4 N–H and O–H groups in total. The summed E-state index contributed by atoms with van der Waals surface area (Å²) < 4.78 is 0. The van der Waals surface area contributed by atoms with E-state index in [1.54, 1.807) is 0 Å². The van der Waals surface area contributed by atoms with Crippen molar-refractivity contribution in [2.75, 3.05) is 12.4 Å². The summed E-state index contributed by atoms with van der Waals surface area (Å²) in [6, 6.07) is 7.04. The second-order valence-corrected chi connectivity index (χ2v) is 5.80. The Hall–Kier alpha value is -2.25. The highest BCUT2D eigenvalue weighted by Crippen LogP contribution is 2.42. The first-order chi connectivity index (χ1) is 10.9. The topological polar surface area (TPSA) is 98.7 Å². The number of benzene rings is 1. The third kappa shape index (κ3) is 4.62. The normalized spacial score (nSPS) is 20.3. The molecular weight excluding hydrogens is 328 g/mol. The van der Waals surface area contributed by atoms with E-state index in [-0.39, 0.29) is 7.43 Å². The van der Waals surface area contributed by atoms with Crippen molar-refractivity contribution >= 4 is 34.8 Å². The van der Waals surface area contributed by atoms with Crippen LogP contribution in [-0.4, -0.2) is 40.2 Å². The maximum atomic E-state index is 9.55. The highest BCUT2D eigenvalue weighted by molar-refractivity contribution is 7.80. The Morgan fingerprint density at radius 3 is 2.46 bits per heavy atom. The number of carboxylic acid groups (broad SMARTS) is 2. The van der Waals surface area contributed by atoms with Gasteiger partial charge in [-0.2, -0.15) is 0 Å². The zero-order chi connectivity index (χ0) is 17.0. The van der Waals surface area contributed by atoms with E-state index < -0.39 is 11.9 Å². The van der Waals surface area contributed by atoms with Gasteiger partial charge in [0.2, 0.25) is 0 Å². The van der Waals surface area contributed by atoms with Crippen LogP contribution < -0.4 is 10.6 Å². The number of carbonyl (C=O) groups is 2. The molecule has 6 nitrogen and oxygen atoms in total. The van der Waals surface area contributed by atoms with Gasteiger partial charge in [-0.25, -0.2) is 9.59 Å². The van der Waals surface area contributed by atoms with Gasteiger partial charge in [-0.3, -0.25) is 0 Å². The molecule has 0 radical (unpaired) electrons. The number of thiocarbonyl (C=S) groups is 1. The molecule has 7 heteroatoms. The molecule has 0 spiro atoms. The van der Waals surface area contributed by atoms with Crippen LogP contribution >= 0.6 is 12.2 Å². The molecule has 1 aromatic carbocycles. The summed E-state index contributed by atoms with van der Waals surface area (Å²) in [5.74, 6) is -2.07. The monoisotopic (exact) mass is 350 g/mol. The number of aliphatic carboxylic acids is 2. The van der Waals surface area contributed by atoms with Crippen LogP contribution in [-0.2, 0) is 16.0 Å². The van der Waals surface area contributed by atoms with Crippen LogP contribution in [0.2, 0.25) is 0 Å². The lowest BCUT2D eigenvalue weighted by Gasteiger charge is -2.27. The van der Waals surface area contributed by atoms with Gasteiger partial charge in [0.25, 0.3) is 0 Å². The Kier molecular flexibility index (Phi) is 7.06. The number of anilines is 1. The lowest BCUT2D eigenvalue weighted by molar-refractivity contribution is -0.134. The quantitative estimate of drug-likeness (QED) is 0.491. The Morgan fingerprint density at radius 1 is 1.29 bits per heavy atom. The van der Waals surface area contributed by atoms with Gasteiger partial charge < -0.3 is 20.8 Å². The molecule has 24 heavy (non-hydrogen) atoms. The second-order valence-electron chi connectivity index (χ2n) is 5.36. The molecule has 3 rings (SSSR count). The Bertz CT molecular complexity index is 657. The highest BCUT2D eigenvalue weighted by atomic mass is 32.1. The van der Waals surface area contributed by atoms with E-state index in [1.165, 1.54) is 16.8 Å². The van der Waals surface area contributed by atoms with E-state index in [1.807, 2.05) is 7.05 Å². The lowest BCUT2D eigenvalue weighted by atomic mass is 9.81. The summed E-state index contributed by atoms with van der Waals surface area (Å²) in [4.78, 5) is 20.1. The summed E-state index contributed by atoms with van der Waals surface area (Å²) in [6.45, 7) is 0. The lowest BCUT2D eigenvalue weighted by Crippen LogP contribution is -2.34. The van der Waals surface area contributed by atoms with Crippen LogP contribution in [0.15, 0.2) is 30.4 Å². The molecule has 1 aliphatic carbocycles. The van der Waals surface area contributed by atoms with Gasteiger partial charge in [-0.1, -0.05) is 31.8 Å². The average Bonchev–Trinajstić information content (AvgIpc) is 2.84. The van der Waals surface area contributed by atoms with Crippen LogP contribution in [0.5, 0.6) is 0 Å². The number of hydrogen-bond donors (Lipinski definition) is 4. The molecular formula is C17H22N2O4S. The first kappa shape index (κ1) is 19.8. The van der Waals surface area contributed by atoms with Gasteiger partial charge in [0.15, 0.2) is 0 Å². The van der Waals surface area contributed by atoms with Crippen LogP contribution in [0.4, 0.5) is 5.69 Å². The van der Waals surface area contributed by atoms with Crippen molar-refractivity contribution in [1.29, 1.82) is 0 Å². The molecule has 0 bridgehead atoms. The summed E-state index contributed by atoms with van der Waals surface area (Å²) in [5.41, 5.74) is 4.14. The molecule has 0 amide bonds. The second kappa shape index (κ2) is 8.56. The van der Waals surface area contributed by atoms with E-state index in [9.17, 15) is 9.59 Å². The minimum Gasteiger partial charge on any atom is -0.478 e. The highest BCUT2D eigenvalue weighted by Gasteiger charge is 2.35. The first-order valence-corrected chi connectivity index (χ1v) is 7.57. The third-order valence-corrected chi connectivity index (χ3v) is 4.27. The fourth-order valence-corrected chi connectivity index (χ4v) is 3.21. The Labute approximate surface area is 146 Å². The van der Waals surface area contributed by atoms with Crippen LogP contribution in [0, 0.1) is 0 Å². The van der Waals surface area contributed by atoms with E-state index in [0.29, 0.717) is 24.1 Å². The van der Waals surface area contributed by atoms with Crippen molar-refractivity contribution in [3.05, 3.63) is 41.5 Å². The molecule has 1 aliphatic heterocycles. The smallest absolute Gasteiger partial charge is 0.328 e. The van der Waals surface area contributed by atoms with Gasteiger partial charge in [0.1, 0.15) is 0 Å². The van der Waals surface area contributed by atoms with Gasteiger partial charge in [0, 0.05) is 29.8 Å². The number of rotatable bonds is 3. The molecule has 1 heterocycles. The Morgan fingerprint density at radius 2 is 1.92 bits per heavy atom. The zero-order valence-electron chi connectivity index (χ0n) is 12.6. The number of carboxylic acids is 2. The molecule has 2 aliphatic rings. The van der Waals surface area contributed by atoms with Gasteiger partial charge in [0.05, 0.1) is 4.99 Å². The van der Waals surface area contributed by atoms with E-state index in [4.69, 9.17) is 22.4 Å². The number of likely N-dealkylation sites (N-methyl/N-ethyl adjacent to an activating group) is 1. The van der Waals surface area contributed by atoms with Crippen LogP contribution in [0.3, 0.4) is 0 Å². The summed E-state index contributed by atoms with van der Waals surface area (Å²) in [5, 5.41) is 22.3. The van der Waals surface area contributed by atoms with Gasteiger partial charge >= 0.3 is 11.9 Å². The van der Waals surface area contributed by atoms with Gasteiger partial charge in [-0.05, 0) is 37.1 Å². The predicted molar refractivity (Wildman–Crippen MR) is 97.7 cm³/mol. The molecule has 0 fully saturated rings. The largest absolute Gasteiger partial charge is 0.478 e. The van der Waals surface area contributed by atoms with Crippen LogP contribution in [0.25, 0.3) is 0 Å². The van der Waals surface area contributed by atoms with E-state index >= 15 is 0 Å².